The highest BCUT2D eigenvalue weighted by Crippen LogP contribution is 2.23. The van der Waals surface area contributed by atoms with Crippen molar-refractivity contribution in [2.24, 2.45) is 0 Å². The highest BCUT2D eigenvalue weighted by molar-refractivity contribution is 6.20. The molecule has 1 aromatic rings. The van der Waals surface area contributed by atoms with Crippen molar-refractivity contribution in [2.75, 3.05) is 12.5 Å². The topological polar surface area (TPSA) is 66.8 Å². The quantitative estimate of drug-likeness (QED) is 0.659. The van der Waals surface area contributed by atoms with E-state index in [-0.39, 0.29) is 12.5 Å². The molecule has 0 radical (unpaired) electrons. The first-order valence-corrected chi connectivity index (χ1v) is 5.89. The third kappa shape index (κ3) is 2.25. The monoisotopic (exact) mass is 269 g/mol. The molecule has 1 aromatic carbocycles. The van der Waals surface area contributed by atoms with E-state index in [9.17, 15) is 14.7 Å². The van der Waals surface area contributed by atoms with Crippen LogP contribution in [0.25, 0.3) is 0 Å². The number of imide groups is 1. The van der Waals surface area contributed by atoms with Crippen LogP contribution in [0.5, 0.6) is 0 Å². The van der Waals surface area contributed by atoms with E-state index in [0.717, 1.165) is 0 Å². The zero-order valence-electron chi connectivity index (χ0n) is 9.72. The average molecular weight is 270 g/mol. The van der Waals surface area contributed by atoms with Gasteiger partial charge < -0.3 is 5.11 Å². The molecule has 0 aliphatic carbocycles. The molecular formula is C12H12ClNO4. The van der Waals surface area contributed by atoms with Gasteiger partial charge in [-0.25, -0.2) is 0 Å². The molecule has 6 heteroatoms. The summed E-state index contributed by atoms with van der Waals surface area (Å²) in [7, 11) is 0. The molecule has 1 N–H and O–H groups in total. The number of rotatable bonds is 4. The maximum Gasteiger partial charge on any atom is 0.285 e. The minimum Gasteiger partial charge on any atom is -0.386 e. The van der Waals surface area contributed by atoms with Crippen molar-refractivity contribution in [3.63, 3.8) is 0 Å². The van der Waals surface area contributed by atoms with Crippen molar-refractivity contribution in [3.8, 4) is 0 Å². The van der Waals surface area contributed by atoms with Gasteiger partial charge in [0.15, 0.2) is 0 Å². The van der Waals surface area contributed by atoms with Crippen LogP contribution in [0.3, 0.4) is 0 Å². The molecule has 0 saturated carbocycles. The molecule has 0 bridgehead atoms. The molecule has 0 fully saturated rings. The zero-order valence-corrected chi connectivity index (χ0v) is 10.5. The van der Waals surface area contributed by atoms with Crippen LogP contribution in [0.15, 0.2) is 24.3 Å². The lowest BCUT2D eigenvalue weighted by molar-refractivity contribution is -0.135. The number of alkyl halides is 1. The van der Waals surface area contributed by atoms with Crippen molar-refractivity contribution in [1.29, 1.82) is 0 Å². The summed E-state index contributed by atoms with van der Waals surface area (Å²) in [5.41, 5.74) is -0.697. The van der Waals surface area contributed by atoms with Gasteiger partial charge in [-0.05, 0) is 19.1 Å². The number of amides is 2. The molecule has 0 unspecified atom stereocenters. The van der Waals surface area contributed by atoms with Crippen LogP contribution >= 0.6 is 11.6 Å². The Bertz CT molecular complexity index is 466. The lowest BCUT2D eigenvalue weighted by atomic mass is 10.1. The summed E-state index contributed by atoms with van der Waals surface area (Å²) < 4.78 is 0. The highest BCUT2D eigenvalue weighted by atomic mass is 35.5. The van der Waals surface area contributed by atoms with Gasteiger partial charge in [0.1, 0.15) is 12.2 Å². The standard InChI is InChI=1S/C12H12ClNO4/c1-12(17,6-13)7-18-14-10(15)8-4-2-3-5-9(8)11(14)16/h2-5,17H,6-7H2,1H3/t12-/m1/s1. The smallest absolute Gasteiger partial charge is 0.285 e. The van der Waals surface area contributed by atoms with Crippen LogP contribution in [-0.4, -0.2) is 40.1 Å². The number of aliphatic hydroxyl groups is 1. The van der Waals surface area contributed by atoms with Gasteiger partial charge in [-0.1, -0.05) is 12.1 Å². The third-order valence-electron chi connectivity index (χ3n) is 2.55. The number of halogens is 1. The molecule has 0 spiro atoms. The van der Waals surface area contributed by atoms with E-state index < -0.39 is 17.4 Å². The van der Waals surface area contributed by atoms with Gasteiger partial charge in [0.25, 0.3) is 11.8 Å². The molecule has 96 valence electrons. The van der Waals surface area contributed by atoms with Crippen LogP contribution in [-0.2, 0) is 4.84 Å². The number of fused-ring (bicyclic) bond motifs is 1. The number of hydrogen-bond donors (Lipinski definition) is 1. The van der Waals surface area contributed by atoms with E-state index in [1.807, 2.05) is 0 Å². The number of carbonyl (C=O) groups is 2. The molecule has 1 aliphatic heterocycles. The van der Waals surface area contributed by atoms with Gasteiger partial charge in [0.2, 0.25) is 0 Å². The summed E-state index contributed by atoms with van der Waals surface area (Å²) in [6.07, 6.45) is 0. The molecule has 1 atom stereocenters. The first-order chi connectivity index (χ1) is 8.46. The first-order valence-electron chi connectivity index (χ1n) is 5.35. The van der Waals surface area contributed by atoms with Crippen molar-refractivity contribution >= 4 is 23.4 Å². The van der Waals surface area contributed by atoms with Crippen LogP contribution in [0.2, 0.25) is 0 Å². The van der Waals surface area contributed by atoms with E-state index in [1.165, 1.54) is 6.92 Å². The van der Waals surface area contributed by atoms with Crippen LogP contribution in [0.4, 0.5) is 0 Å². The van der Waals surface area contributed by atoms with E-state index >= 15 is 0 Å². The van der Waals surface area contributed by atoms with Crippen LogP contribution in [0, 0.1) is 0 Å². The normalized spacial score (nSPS) is 17.8. The Kier molecular flexibility index (Phi) is 3.38. The molecular weight excluding hydrogens is 258 g/mol. The molecule has 0 saturated heterocycles. The zero-order chi connectivity index (χ0) is 13.3. The maximum atomic E-state index is 11.9. The fraction of sp³-hybridized carbons (Fsp3) is 0.333. The maximum absolute atomic E-state index is 11.9. The molecule has 0 aromatic heterocycles. The molecule has 1 heterocycles. The van der Waals surface area contributed by atoms with E-state index in [2.05, 4.69) is 0 Å². The number of carbonyl (C=O) groups excluding carboxylic acids is 2. The number of nitrogens with zero attached hydrogens (tertiary/aromatic N) is 1. The van der Waals surface area contributed by atoms with Gasteiger partial charge in [-0.2, -0.15) is 0 Å². The molecule has 2 rings (SSSR count). The molecule has 5 nitrogen and oxygen atoms in total. The van der Waals surface area contributed by atoms with Crippen molar-refractivity contribution in [3.05, 3.63) is 35.4 Å². The van der Waals surface area contributed by atoms with Gasteiger partial charge in [0.05, 0.1) is 17.0 Å². The average Bonchev–Trinajstić information content (AvgIpc) is 2.61. The van der Waals surface area contributed by atoms with Crippen LogP contribution in [0.1, 0.15) is 27.6 Å². The van der Waals surface area contributed by atoms with Gasteiger partial charge in [-0.3, -0.25) is 14.4 Å². The Labute approximate surface area is 109 Å². The van der Waals surface area contributed by atoms with Crippen molar-refractivity contribution in [2.45, 2.75) is 12.5 Å². The van der Waals surface area contributed by atoms with Crippen molar-refractivity contribution < 1.29 is 19.5 Å². The lowest BCUT2D eigenvalue weighted by Crippen LogP contribution is -2.39. The number of hydroxylamine groups is 2. The fourth-order valence-corrected chi connectivity index (χ4v) is 1.60. The largest absolute Gasteiger partial charge is 0.386 e. The molecule has 2 amide bonds. The lowest BCUT2D eigenvalue weighted by Gasteiger charge is -2.22. The van der Waals surface area contributed by atoms with E-state index in [0.29, 0.717) is 16.2 Å². The van der Waals surface area contributed by atoms with Crippen molar-refractivity contribution in [1.82, 2.24) is 5.06 Å². The fourth-order valence-electron chi connectivity index (χ4n) is 1.53. The van der Waals surface area contributed by atoms with E-state index in [1.54, 1.807) is 24.3 Å². The summed E-state index contributed by atoms with van der Waals surface area (Å²) in [4.78, 5) is 28.8. The summed E-state index contributed by atoms with van der Waals surface area (Å²) >= 11 is 5.52. The Hall–Kier alpha value is -1.43. The second-order valence-corrected chi connectivity index (χ2v) is 4.62. The SMILES string of the molecule is C[C@@](O)(CCl)CON1C(=O)c2ccccc2C1=O. The van der Waals surface area contributed by atoms with E-state index in [4.69, 9.17) is 16.4 Å². The Morgan fingerprint density at radius 2 is 1.78 bits per heavy atom. The second kappa shape index (κ2) is 4.68. The minimum absolute atomic E-state index is 0.0594. The van der Waals surface area contributed by atoms with Gasteiger partial charge in [0, 0.05) is 0 Å². The van der Waals surface area contributed by atoms with Gasteiger partial charge in [-0.15, -0.1) is 16.7 Å². The first kappa shape index (κ1) is 13.0. The highest BCUT2D eigenvalue weighted by Gasteiger charge is 2.37. The predicted octanol–water partition coefficient (Wildman–Crippen LogP) is 1.20. The van der Waals surface area contributed by atoms with Crippen LogP contribution < -0.4 is 0 Å². The predicted molar refractivity (Wildman–Crippen MR) is 64.2 cm³/mol. The number of hydrogen-bond acceptors (Lipinski definition) is 4. The molecule has 18 heavy (non-hydrogen) atoms. The second-order valence-electron chi connectivity index (χ2n) is 4.35. The Morgan fingerprint density at radius 1 is 1.28 bits per heavy atom. The summed E-state index contributed by atoms with van der Waals surface area (Å²) in [5, 5.41) is 10.3. The Morgan fingerprint density at radius 3 is 2.22 bits per heavy atom. The summed E-state index contributed by atoms with van der Waals surface area (Å²) in [5.74, 6) is -1.11. The number of benzene rings is 1. The minimum atomic E-state index is -1.29. The molecule has 1 aliphatic rings. The van der Waals surface area contributed by atoms with Gasteiger partial charge >= 0.3 is 0 Å². The third-order valence-corrected chi connectivity index (χ3v) is 3.13. The summed E-state index contributed by atoms with van der Waals surface area (Å²) in [6.45, 7) is 1.22. The Balaban J connectivity index is 2.14. The summed E-state index contributed by atoms with van der Waals surface area (Å²) in [6, 6.07) is 6.45.